The first-order chi connectivity index (χ1) is 9.63. The van der Waals surface area contributed by atoms with Gasteiger partial charge in [-0.15, -0.1) is 0 Å². The highest BCUT2D eigenvalue weighted by Gasteiger charge is 2.23. The van der Waals surface area contributed by atoms with E-state index in [1.807, 2.05) is 30.8 Å². The second kappa shape index (κ2) is 7.45. The average Bonchev–Trinajstić information content (AvgIpc) is 2.46. The third kappa shape index (κ3) is 4.22. The van der Waals surface area contributed by atoms with Crippen LogP contribution in [-0.4, -0.2) is 32.5 Å². The van der Waals surface area contributed by atoms with Gasteiger partial charge in [0.1, 0.15) is 0 Å². The van der Waals surface area contributed by atoms with Gasteiger partial charge in [-0.25, -0.2) is 13.1 Å². The Morgan fingerprint density at radius 1 is 1.25 bits per heavy atom. The summed E-state index contributed by atoms with van der Waals surface area (Å²) in [6, 6.07) is 7.29. The van der Waals surface area contributed by atoms with Gasteiger partial charge in [0.25, 0.3) is 0 Å². The molecule has 0 amide bonds. The van der Waals surface area contributed by atoms with Gasteiger partial charge in [0.2, 0.25) is 10.0 Å². The number of sulfonamides is 1. The molecule has 0 unspecified atom stereocenters. The summed E-state index contributed by atoms with van der Waals surface area (Å²) in [7, 11) is -3.42. The smallest absolute Gasteiger partial charge is 0.241 e. The number of benzene rings is 1. The molecular weight excluding hydrogens is 292 g/mol. The number of hydrogen-bond donors (Lipinski definition) is 2. The van der Waals surface area contributed by atoms with Crippen LogP contribution in [-0.2, 0) is 16.6 Å². The van der Waals surface area contributed by atoms with E-state index in [-0.39, 0.29) is 6.04 Å². The lowest BCUT2D eigenvalue weighted by Gasteiger charge is -2.23. The van der Waals surface area contributed by atoms with Crippen LogP contribution in [0.3, 0.4) is 0 Å². The predicted octanol–water partition coefficient (Wildman–Crippen LogP) is 1.97. The minimum atomic E-state index is -3.42. The summed E-state index contributed by atoms with van der Waals surface area (Å²) >= 11 is 1.89. The maximum atomic E-state index is 12.5. The molecule has 1 fully saturated rings. The molecule has 112 valence electrons. The third-order valence-electron chi connectivity index (χ3n) is 3.37. The van der Waals surface area contributed by atoms with Crippen molar-refractivity contribution in [3.05, 3.63) is 29.8 Å². The Morgan fingerprint density at radius 3 is 2.65 bits per heavy atom. The van der Waals surface area contributed by atoms with Gasteiger partial charge in [-0.1, -0.05) is 25.1 Å². The molecule has 1 aromatic rings. The topological polar surface area (TPSA) is 58.2 Å². The van der Waals surface area contributed by atoms with E-state index in [4.69, 9.17) is 0 Å². The molecule has 1 aromatic carbocycles. The summed E-state index contributed by atoms with van der Waals surface area (Å²) in [5, 5.41) is 3.19. The molecule has 0 radical (unpaired) electrons. The van der Waals surface area contributed by atoms with Crippen molar-refractivity contribution in [1.29, 1.82) is 0 Å². The lowest BCUT2D eigenvalue weighted by Crippen LogP contribution is -2.37. The van der Waals surface area contributed by atoms with Gasteiger partial charge in [-0.05, 0) is 42.5 Å². The molecule has 0 spiro atoms. The first-order valence-corrected chi connectivity index (χ1v) is 9.66. The quantitative estimate of drug-likeness (QED) is 0.843. The lowest BCUT2D eigenvalue weighted by atomic mass is 10.2. The highest BCUT2D eigenvalue weighted by Crippen LogP contribution is 2.21. The van der Waals surface area contributed by atoms with Crippen LogP contribution in [0.4, 0.5) is 0 Å². The van der Waals surface area contributed by atoms with Crippen molar-refractivity contribution >= 4 is 21.8 Å². The van der Waals surface area contributed by atoms with E-state index in [1.54, 1.807) is 12.1 Å². The van der Waals surface area contributed by atoms with Gasteiger partial charge in [0.15, 0.2) is 0 Å². The zero-order chi connectivity index (χ0) is 14.4. The Morgan fingerprint density at radius 2 is 1.95 bits per heavy atom. The summed E-state index contributed by atoms with van der Waals surface area (Å²) in [5.74, 6) is 2.07. The highest BCUT2D eigenvalue weighted by atomic mass is 32.2. The van der Waals surface area contributed by atoms with Crippen LogP contribution < -0.4 is 10.0 Å². The fourth-order valence-corrected chi connectivity index (χ4v) is 4.92. The van der Waals surface area contributed by atoms with Gasteiger partial charge in [-0.3, -0.25) is 0 Å². The van der Waals surface area contributed by atoms with Crippen molar-refractivity contribution in [1.82, 2.24) is 10.0 Å². The maximum Gasteiger partial charge on any atom is 0.241 e. The van der Waals surface area contributed by atoms with Crippen molar-refractivity contribution in [2.24, 2.45) is 0 Å². The van der Waals surface area contributed by atoms with E-state index in [1.165, 1.54) is 0 Å². The second-order valence-electron chi connectivity index (χ2n) is 4.90. The maximum absolute atomic E-state index is 12.5. The normalized spacial score (nSPS) is 17.2. The molecule has 0 bridgehead atoms. The van der Waals surface area contributed by atoms with E-state index >= 15 is 0 Å². The van der Waals surface area contributed by atoms with Crippen LogP contribution in [0.1, 0.15) is 25.3 Å². The van der Waals surface area contributed by atoms with E-state index in [9.17, 15) is 8.42 Å². The van der Waals surface area contributed by atoms with Gasteiger partial charge >= 0.3 is 0 Å². The van der Waals surface area contributed by atoms with Crippen molar-refractivity contribution in [3.63, 3.8) is 0 Å². The Labute approximate surface area is 125 Å². The molecule has 0 saturated carbocycles. The van der Waals surface area contributed by atoms with Gasteiger partial charge < -0.3 is 5.32 Å². The molecule has 1 aliphatic heterocycles. The Balaban J connectivity index is 2.15. The van der Waals surface area contributed by atoms with Gasteiger partial charge in [0.05, 0.1) is 4.90 Å². The van der Waals surface area contributed by atoms with Crippen LogP contribution in [0, 0.1) is 0 Å². The molecule has 0 aromatic heterocycles. The van der Waals surface area contributed by atoms with Gasteiger partial charge in [-0.2, -0.15) is 11.8 Å². The molecule has 4 nitrogen and oxygen atoms in total. The Hall–Kier alpha value is -0.560. The molecule has 2 rings (SSSR count). The molecular formula is C14H22N2O2S2. The van der Waals surface area contributed by atoms with E-state index in [0.29, 0.717) is 11.4 Å². The molecule has 6 heteroatoms. The largest absolute Gasteiger partial charge is 0.313 e. The minimum Gasteiger partial charge on any atom is -0.313 e. The number of rotatable bonds is 6. The molecule has 0 aliphatic carbocycles. The van der Waals surface area contributed by atoms with Crippen LogP contribution in [0.2, 0.25) is 0 Å². The number of hydrogen-bond acceptors (Lipinski definition) is 4. The monoisotopic (exact) mass is 314 g/mol. The fraction of sp³-hybridized carbons (Fsp3) is 0.571. The summed E-state index contributed by atoms with van der Waals surface area (Å²) in [6.45, 7) is 3.41. The van der Waals surface area contributed by atoms with Crippen LogP contribution in [0.5, 0.6) is 0 Å². The first-order valence-electron chi connectivity index (χ1n) is 7.02. The van der Waals surface area contributed by atoms with Gasteiger partial charge in [0, 0.05) is 12.6 Å². The SMILES string of the molecule is CCNCc1ccccc1S(=O)(=O)NC1CCSCC1. The number of nitrogens with one attached hydrogen (secondary N) is 2. The summed E-state index contributed by atoms with van der Waals surface area (Å²) in [4.78, 5) is 0.402. The molecule has 1 saturated heterocycles. The lowest BCUT2D eigenvalue weighted by molar-refractivity contribution is 0.527. The minimum absolute atomic E-state index is 0.0773. The number of thioether (sulfide) groups is 1. The summed E-state index contributed by atoms with van der Waals surface area (Å²) < 4.78 is 27.9. The average molecular weight is 314 g/mol. The van der Waals surface area contributed by atoms with Crippen LogP contribution in [0.15, 0.2) is 29.2 Å². The Bertz CT molecular complexity index is 526. The zero-order valence-electron chi connectivity index (χ0n) is 11.8. The van der Waals surface area contributed by atoms with Crippen molar-refractivity contribution in [2.75, 3.05) is 18.1 Å². The molecule has 2 N–H and O–H groups in total. The molecule has 0 atom stereocenters. The second-order valence-corrected chi connectivity index (χ2v) is 7.80. The fourth-order valence-electron chi connectivity index (χ4n) is 2.27. The summed E-state index contributed by atoms with van der Waals surface area (Å²) in [5.41, 5.74) is 0.826. The van der Waals surface area contributed by atoms with Crippen molar-refractivity contribution < 1.29 is 8.42 Å². The van der Waals surface area contributed by atoms with E-state index in [2.05, 4.69) is 10.0 Å². The van der Waals surface area contributed by atoms with Crippen molar-refractivity contribution in [3.8, 4) is 0 Å². The highest BCUT2D eigenvalue weighted by molar-refractivity contribution is 7.99. The molecule has 1 aliphatic rings. The van der Waals surface area contributed by atoms with E-state index < -0.39 is 10.0 Å². The van der Waals surface area contributed by atoms with E-state index in [0.717, 1.165) is 36.5 Å². The van der Waals surface area contributed by atoms with Crippen LogP contribution in [0.25, 0.3) is 0 Å². The first kappa shape index (κ1) is 15.8. The predicted molar refractivity (Wildman–Crippen MR) is 84.5 cm³/mol. The summed E-state index contributed by atoms with van der Waals surface area (Å²) in [6.07, 6.45) is 1.83. The van der Waals surface area contributed by atoms with Crippen LogP contribution >= 0.6 is 11.8 Å². The standard InChI is InChI=1S/C14H22N2O2S2/c1-2-15-11-12-5-3-4-6-14(12)20(17,18)16-13-7-9-19-10-8-13/h3-6,13,15-16H,2,7-11H2,1H3. The molecule has 1 heterocycles. The molecule has 20 heavy (non-hydrogen) atoms. The van der Waals surface area contributed by atoms with Crippen molar-refractivity contribution in [2.45, 2.75) is 37.2 Å². The zero-order valence-corrected chi connectivity index (χ0v) is 13.4. The third-order valence-corrected chi connectivity index (χ3v) is 6.04. The Kier molecular flexibility index (Phi) is 5.89.